The second kappa shape index (κ2) is 7.65. The second-order valence-electron chi connectivity index (χ2n) is 5.79. The molecule has 0 spiro atoms. The zero-order chi connectivity index (χ0) is 18.7. The van der Waals surface area contributed by atoms with Crippen LogP contribution in [-0.2, 0) is 0 Å². The van der Waals surface area contributed by atoms with E-state index in [-0.39, 0.29) is 17.5 Å². The predicted octanol–water partition coefficient (Wildman–Crippen LogP) is 2.29. The third-order valence-electron chi connectivity index (χ3n) is 4.10. The molecule has 0 bridgehead atoms. The number of primary amides is 1. The Balaban J connectivity index is 1.68. The van der Waals surface area contributed by atoms with Crippen LogP contribution >= 0.6 is 15.9 Å². The Morgan fingerprint density at radius 3 is 2.77 bits per heavy atom. The lowest BCUT2D eigenvalue weighted by Crippen LogP contribution is -2.38. The number of amides is 1. The Hall–Kier alpha value is -2.75. The van der Waals surface area contributed by atoms with Gasteiger partial charge >= 0.3 is 5.69 Å². The Labute approximate surface area is 157 Å². The van der Waals surface area contributed by atoms with Gasteiger partial charge in [0.1, 0.15) is 29.4 Å². The van der Waals surface area contributed by atoms with Gasteiger partial charge in [0.05, 0.1) is 9.40 Å². The number of carbonyl (C=O) groups excluding carboxylic acids is 1. The van der Waals surface area contributed by atoms with Gasteiger partial charge in [-0.25, -0.2) is 0 Å². The standard InChI is InChI=1S/C16H16BrN5O4/c17-12-8-19-9-14(22(24)25)15(12)21-5-2-10(3-6-21)26-11-1-4-20-13(7-11)16(18)23/h1,4,7-10H,2-3,5-6H2,(H2,18,23). The molecule has 3 heterocycles. The number of ether oxygens (including phenoxy) is 1. The van der Waals surface area contributed by atoms with Crippen molar-refractivity contribution in [3.8, 4) is 5.75 Å². The number of pyridine rings is 2. The molecule has 10 heteroatoms. The van der Waals surface area contributed by atoms with Crippen LogP contribution in [0.5, 0.6) is 5.75 Å². The van der Waals surface area contributed by atoms with Crippen LogP contribution in [0.15, 0.2) is 35.2 Å². The maximum atomic E-state index is 11.3. The van der Waals surface area contributed by atoms with Crippen LogP contribution in [0.1, 0.15) is 23.3 Å². The van der Waals surface area contributed by atoms with Crippen LogP contribution in [0.25, 0.3) is 0 Å². The lowest BCUT2D eigenvalue weighted by Gasteiger charge is -2.33. The third kappa shape index (κ3) is 3.90. The summed E-state index contributed by atoms with van der Waals surface area (Å²) in [6.45, 7) is 1.20. The van der Waals surface area contributed by atoms with E-state index in [4.69, 9.17) is 10.5 Å². The second-order valence-corrected chi connectivity index (χ2v) is 6.65. The summed E-state index contributed by atoms with van der Waals surface area (Å²) < 4.78 is 6.50. The quantitative estimate of drug-likeness (QED) is 0.579. The average Bonchev–Trinajstić information content (AvgIpc) is 2.62. The van der Waals surface area contributed by atoms with Crippen LogP contribution in [0.3, 0.4) is 0 Å². The SMILES string of the molecule is NC(=O)c1cc(OC2CCN(c3c(Br)cncc3[N+](=O)[O-])CC2)ccn1. The van der Waals surface area contributed by atoms with Gasteiger partial charge in [-0.1, -0.05) is 0 Å². The van der Waals surface area contributed by atoms with Crippen molar-refractivity contribution in [3.05, 3.63) is 51.0 Å². The summed E-state index contributed by atoms with van der Waals surface area (Å²) in [5, 5.41) is 11.3. The molecule has 2 N–H and O–H groups in total. The highest BCUT2D eigenvalue weighted by atomic mass is 79.9. The molecule has 3 rings (SSSR count). The van der Waals surface area contributed by atoms with E-state index in [2.05, 4.69) is 25.9 Å². The van der Waals surface area contributed by atoms with E-state index < -0.39 is 10.8 Å². The lowest BCUT2D eigenvalue weighted by molar-refractivity contribution is -0.384. The van der Waals surface area contributed by atoms with Crippen molar-refractivity contribution in [3.63, 3.8) is 0 Å². The molecule has 0 aromatic carbocycles. The fourth-order valence-corrected chi connectivity index (χ4v) is 3.45. The minimum absolute atomic E-state index is 0.0287. The van der Waals surface area contributed by atoms with Crippen LogP contribution in [0, 0.1) is 10.1 Å². The van der Waals surface area contributed by atoms with Gasteiger partial charge in [0.25, 0.3) is 5.91 Å². The van der Waals surface area contributed by atoms with E-state index in [1.165, 1.54) is 18.5 Å². The molecule has 2 aromatic heterocycles. The molecule has 0 saturated carbocycles. The molecule has 136 valence electrons. The highest BCUT2D eigenvalue weighted by Gasteiger charge is 2.28. The molecular weight excluding hydrogens is 406 g/mol. The maximum absolute atomic E-state index is 11.3. The normalized spacial score (nSPS) is 14.9. The van der Waals surface area contributed by atoms with E-state index in [1.807, 2.05) is 4.90 Å². The molecule has 9 nitrogen and oxygen atoms in total. The molecule has 0 atom stereocenters. The van der Waals surface area contributed by atoms with Crippen molar-refractivity contribution in [1.82, 2.24) is 9.97 Å². The van der Waals surface area contributed by atoms with Gasteiger partial charge in [-0.05, 0) is 22.0 Å². The fraction of sp³-hybridized carbons (Fsp3) is 0.312. The van der Waals surface area contributed by atoms with Crippen LogP contribution in [-0.4, -0.2) is 40.0 Å². The number of hydrogen-bond donors (Lipinski definition) is 1. The smallest absolute Gasteiger partial charge is 0.311 e. The summed E-state index contributed by atoms with van der Waals surface area (Å²) in [7, 11) is 0. The highest BCUT2D eigenvalue weighted by molar-refractivity contribution is 9.10. The van der Waals surface area contributed by atoms with E-state index in [1.54, 1.807) is 12.3 Å². The first kappa shape index (κ1) is 18.1. The number of anilines is 1. The highest BCUT2D eigenvalue weighted by Crippen LogP contribution is 2.36. The molecule has 0 unspecified atom stereocenters. The van der Waals surface area contributed by atoms with Gasteiger partial charge in [-0.2, -0.15) is 0 Å². The van der Waals surface area contributed by atoms with Crippen molar-refractivity contribution < 1.29 is 14.5 Å². The molecule has 1 saturated heterocycles. The Morgan fingerprint density at radius 2 is 2.12 bits per heavy atom. The zero-order valence-corrected chi connectivity index (χ0v) is 15.3. The van der Waals surface area contributed by atoms with Crippen LogP contribution in [0.2, 0.25) is 0 Å². The summed E-state index contributed by atoms with van der Waals surface area (Å²) in [5.74, 6) is -0.0801. The Morgan fingerprint density at radius 1 is 1.38 bits per heavy atom. The lowest BCUT2D eigenvalue weighted by atomic mass is 10.1. The zero-order valence-electron chi connectivity index (χ0n) is 13.7. The van der Waals surface area contributed by atoms with E-state index in [9.17, 15) is 14.9 Å². The molecular formula is C16H16BrN5O4. The van der Waals surface area contributed by atoms with Gasteiger partial charge in [0.2, 0.25) is 0 Å². The first-order valence-electron chi connectivity index (χ1n) is 7.91. The number of halogens is 1. The van der Waals surface area contributed by atoms with Crippen molar-refractivity contribution in [2.24, 2.45) is 5.73 Å². The Kier molecular flexibility index (Phi) is 5.31. The molecule has 1 fully saturated rings. The molecule has 26 heavy (non-hydrogen) atoms. The topological polar surface area (TPSA) is 124 Å². The minimum Gasteiger partial charge on any atom is -0.490 e. The van der Waals surface area contributed by atoms with Gasteiger partial charge in [0, 0.05) is 44.4 Å². The van der Waals surface area contributed by atoms with E-state index in [0.29, 0.717) is 41.8 Å². The molecule has 1 aliphatic rings. The van der Waals surface area contributed by atoms with Crippen molar-refractivity contribution >= 4 is 33.2 Å². The number of nitro groups is 1. The number of piperidine rings is 1. The Bertz CT molecular complexity index is 839. The maximum Gasteiger partial charge on any atom is 0.311 e. The largest absolute Gasteiger partial charge is 0.490 e. The van der Waals surface area contributed by atoms with Crippen LogP contribution in [0.4, 0.5) is 11.4 Å². The number of aromatic nitrogens is 2. The molecule has 0 radical (unpaired) electrons. The summed E-state index contributed by atoms with van der Waals surface area (Å²) in [5.41, 5.74) is 5.87. The monoisotopic (exact) mass is 421 g/mol. The minimum atomic E-state index is -0.611. The molecule has 1 amide bonds. The molecule has 0 aliphatic carbocycles. The van der Waals surface area contributed by atoms with E-state index in [0.717, 1.165) is 0 Å². The van der Waals surface area contributed by atoms with Gasteiger partial charge in [-0.15, -0.1) is 0 Å². The fourth-order valence-electron chi connectivity index (χ4n) is 2.87. The van der Waals surface area contributed by atoms with Crippen molar-refractivity contribution in [1.29, 1.82) is 0 Å². The average molecular weight is 422 g/mol. The first-order valence-corrected chi connectivity index (χ1v) is 8.70. The number of nitrogens with zero attached hydrogens (tertiary/aromatic N) is 4. The summed E-state index contributed by atoms with van der Waals surface area (Å²) in [6, 6.07) is 3.18. The van der Waals surface area contributed by atoms with Gasteiger partial charge < -0.3 is 15.4 Å². The summed E-state index contributed by atoms with van der Waals surface area (Å²) >= 11 is 3.35. The number of rotatable bonds is 5. The van der Waals surface area contributed by atoms with E-state index >= 15 is 0 Å². The summed E-state index contributed by atoms with van der Waals surface area (Å²) in [4.78, 5) is 31.7. The van der Waals surface area contributed by atoms with Crippen molar-refractivity contribution in [2.75, 3.05) is 18.0 Å². The predicted molar refractivity (Wildman–Crippen MR) is 97.2 cm³/mol. The van der Waals surface area contributed by atoms with Crippen LogP contribution < -0.4 is 15.4 Å². The van der Waals surface area contributed by atoms with Gasteiger partial charge in [-0.3, -0.25) is 24.9 Å². The number of hydrogen-bond acceptors (Lipinski definition) is 7. The van der Waals surface area contributed by atoms with Gasteiger partial charge in [0.15, 0.2) is 0 Å². The summed E-state index contributed by atoms with van der Waals surface area (Å²) in [6.07, 6.45) is 5.58. The first-order chi connectivity index (χ1) is 12.5. The number of nitrogens with two attached hydrogens (primary N) is 1. The molecule has 1 aliphatic heterocycles. The molecule has 2 aromatic rings. The van der Waals surface area contributed by atoms with Crippen molar-refractivity contribution in [2.45, 2.75) is 18.9 Å². The number of carbonyl (C=O) groups is 1. The third-order valence-corrected chi connectivity index (χ3v) is 4.68.